The van der Waals surface area contributed by atoms with Crippen LogP contribution in [0.5, 0.6) is 0 Å². The Labute approximate surface area is 92.3 Å². The van der Waals surface area contributed by atoms with E-state index in [2.05, 4.69) is 15.0 Å². The van der Waals surface area contributed by atoms with Crippen LogP contribution >= 0.6 is 0 Å². The zero-order valence-electron chi connectivity index (χ0n) is 8.40. The number of aryl methyl sites for hydroxylation is 1. The quantitative estimate of drug-likeness (QED) is 0.578. The van der Waals surface area contributed by atoms with E-state index in [-0.39, 0.29) is 6.54 Å². The third-order valence-corrected chi connectivity index (χ3v) is 2.94. The van der Waals surface area contributed by atoms with E-state index >= 15 is 0 Å². The Balaban J connectivity index is 2.23. The van der Waals surface area contributed by atoms with Gasteiger partial charge in [-0.3, -0.25) is 9.48 Å². The Bertz CT molecular complexity index is 427. The van der Waals surface area contributed by atoms with E-state index in [1.54, 1.807) is 10.9 Å². The molecule has 0 atom stereocenters. The molecule has 0 radical (unpaired) electrons. The molecular weight excluding hydrogens is 236 g/mol. The summed E-state index contributed by atoms with van der Waals surface area (Å²) in [6.45, 7) is 0.699. The van der Waals surface area contributed by atoms with Crippen LogP contribution in [0.2, 0.25) is 0 Å². The maximum absolute atomic E-state index is 11.1. The Morgan fingerprint density at radius 3 is 2.81 bits per heavy atom. The number of nitrogens with one attached hydrogen (secondary N) is 1. The molecule has 1 aromatic heterocycles. The number of hydrogen-bond donors (Lipinski definition) is 2. The van der Waals surface area contributed by atoms with E-state index in [9.17, 15) is 13.2 Å². The molecule has 9 heteroatoms. The van der Waals surface area contributed by atoms with Crippen molar-refractivity contribution in [1.82, 2.24) is 19.7 Å². The summed E-state index contributed by atoms with van der Waals surface area (Å²) < 4.78 is 25.9. The highest BCUT2D eigenvalue weighted by Gasteiger charge is 2.14. The van der Waals surface area contributed by atoms with Gasteiger partial charge in [-0.1, -0.05) is 5.21 Å². The minimum absolute atomic E-state index is 0.176. The van der Waals surface area contributed by atoms with Crippen LogP contribution in [-0.2, 0) is 21.4 Å². The second-order valence-electron chi connectivity index (χ2n) is 3.07. The summed E-state index contributed by atoms with van der Waals surface area (Å²) in [4.78, 5) is 10.2. The fraction of sp³-hybridized carbons (Fsp3) is 0.571. The van der Waals surface area contributed by atoms with Gasteiger partial charge in [0.1, 0.15) is 0 Å². The standard InChI is InChI=1S/C7H12N4O4S/c12-7(13)6-16(14,15)9-2-1-4-11-5-3-8-10-11/h3,5,9H,1-2,4,6H2,(H,12,13). The first-order valence-corrected chi connectivity index (χ1v) is 6.18. The number of sulfonamides is 1. The average Bonchev–Trinajstić information content (AvgIpc) is 2.62. The van der Waals surface area contributed by atoms with E-state index in [0.717, 1.165) is 0 Å². The van der Waals surface area contributed by atoms with Gasteiger partial charge >= 0.3 is 5.97 Å². The van der Waals surface area contributed by atoms with Crippen molar-refractivity contribution in [2.24, 2.45) is 0 Å². The molecule has 1 aromatic rings. The van der Waals surface area contributed by atoms with E-state index in [1.165, 1.54) is 6.20 Å². The van der Waals surface area contributed by atoms with E-state index < -0.39 is 21.7 Å². The number of aromatic nitrogens is 3. The molecule has 1 rings (SSSR count). The fourth-order valence-corrected chi connectivity index (χ4v) is 1.92. The zero-order chi connectivity index (χ0) is 12.0. The molecule has 0 saturated heterocycles. The highest BCUT2D eigenvalue weighted by molar-refractivity contribution is 7.90. The van der Waals surface area contributed by atoms with Crippen molar-refractivity contribution >= 4 is 16.0 Å². The first kappa shape index (κ1) is 12.6. The molecule has 2 N–H and O–H groups in total. The minimum Gasteiger partial charge on any atom is -0.480 e. The zero-order valence-corrected chi connectivity index (χ0v) is 9.22. The van der Waals surface area contributed by atoms with Gasteiger partial charge in [0, 0.05) is 19.3 Å². The summed E-state index contributed by atoms with van der Waals surface area (Å²) in [6, 6.07) is 0. The summed E-state index contributed by atoms with van der Waals surface area (Å²) in [5.41, 5.74) is 0. The van der Waals surface area contributed by atoms with Crippen molar-refractivity contribution < 1.29 is 18.3 Å². The Morgan fingerprint density at radius 2 is 2.25 bits per heavy atom. The molecular formula is C7H12N4O4S. The summed E-state index contributed by atoms with van der Waals surface area (Å²) in [6.07, 6.45) is 3.70. The number of aliphatic carboxylic acids is 1. The van der Waals surface area contributed by atoms with Gasteiger partial charge in [0.2, 0.25) is 10.0 Å². The normalized spacial score (nSPS) is 11.5. The third kappa shape index (κ3) is 4.84. The number of rotatable bonds is 7. The van der Waals surface area contributed by atoms with Crippen LogP contribution in [0.4, 0.5) is 0 Å². The van der Waals surface area contributed by atoms with Crippen molar-refractivity contribution in [2.45, 2.75) is 13.0 Å². The number of carboxylic acids is 1. The van der Waals surface area contributed by atoms with Crippen LogP contribution in [0.25, 0.3) is 0 Å². The van der Waals surface area contributed by atoms with Crippen molar-refractivity contribution in [3.8, 4) is 0 Å². The molecule has 0 amide bonds. The van der Waals surface area contributed by atoms with E-state index in [4.69, 9.17) is 5.11 Å². The Kier molecular flexibility index (Phi) is 4.38. The van der Waals surface area contributed by atoms with E-state index in [1.807, 2.05) is 0 Å². The van der Waals surface area contributed by atoms with E-state index in [0.29, 0.717) is 13.0 Å². The summed E-state index contributed by atoms with van der Waals surface area (Å²) >= 11 is 0. The molecule has 0 fully saturated rings. The van der Waals surface area contributed by atoms with Gasteiger partial charge in [-0.15, -0.1) is 5.10 Å². The minimum atomic E-state index is -3.72. The van der Waals surface area contributed by atoms with Crippen LogP contribution in [0.1, 0.15) is 6.42 Å². The van der Waals surface area contributed by atoms with Gasteiger partial charge in [0.05, 0.1) is 6.20 Å². The Morgan fingerprint density at radius 1 is 1.50 bits per heavy atom. The maximum Gasteiger partial charge on any atom is 0.320 e. The number of hydrogen-bond acceptors (Lipinski definition) is 5. The van der Waals surface area contributed by atoms with Crippen LogP contribution in [-0.4, -0.2) is 46.8 Å². The smallest absolute Gasteiger partial charge is 0.320 e. The van der Waals surface area contributed by atoms with Crippen LogP contribution in [0.3, 0.4) is 0 Å². The number of nitrogens with zero attached hydrogens (tertiary/aromatic N) is 3. The lowest BCUT2D eigenvalue weighted by Crippen LogP contribution is -2.31. The highest BCUT2D eigenvalue weighted by Crippen LogP contribution is 1.89. The molecule has 0 aromatic carbocycles. The lowest BCUT2D eigenvalue weighted by atomic mass is 10.4. The lowest BCUT2D eigenvalue weighted by Gasteiger charge is -2.04. The molecule has 8 nitrogen and oxygen atoms in total. The molecule has 0 saturated carbocycles. The van der Waals surface area contributed by atoms with Crippen LogP contribution in [0.15, 0.2) is 12.4 Å². The van der Waals surface area contributed by atoms with Crippen molar-refractivity contribution in [3.05, 3.63) is 12.4 Å². The summed E-state index contributed by atoms with van der Waals surface area (Å²) in [7, 11) is -3.72. The van der Waals surface area contributed by atoms with Gasteiger partial charge in [-0.25, -0.2) is 13.1 Å². The molecule has 0 aliphatic carbocycles. The molecule has 0 bridgehead atoms. The molecule has 16 heavy (non-hydrogen) atoms. The topological polar surface area (TPSA) is 114 Å². The summed E-state index contributed by atoms with van der Waals surface area (Å²) in [5.74, 6) is -2.28. The molecule has 0 spiro atoms. The fourth-order valence-electron chi connectivity index (χ4n) is 1.03. The Hall–Kier alpha value is -1.48. The molecule has 0 aliphatic rings. The van der Waals surface area contributed by atoms with Gasteiger partial charge in [0.15, 0.2) is 5.75 Å². The van der Waals surface area contributed by atoms with Crippen LogP contribution < -0.4 is 4.72 Å². The van der Waals surface area contributed by atoms with Gasteiger partial charge in [-0.05, 0) is 6.42 Å². The predicted molar refractivity (Wildman–Crippen MR) is 54.1 cm³/mol. The number of carbonyl (C=O) groups is 1. The molecule has 90 valence electrons. The number of carboxylic acid groups (broad SMARTS) is 1. The average molecular weight is 248 g/mol. The first-order valence-electron chi connectivity index (χ1n) is 4.53. The maximum atomic E-state index is 11.1. The molecule has 1 heterocycles. The van der Waals surface area contributed by atoms with Gasteiger partial charge in [0.25, 0.3) is 0 Å². The third-order valence-electron chi connectivity index (χ3n) is 1.67. The second kappa shape index (κ2) is 5.56. The SMILES string of the molecule is O=C(O)CS(=O)(=O)NCCCn1ccnn1. The van der Waals surface area contributed by atoms with Crippen molar-refractivity contribution in [3.63, 3.8) is 0 Å². The van der Waals surface area contributed by atoms with Crippen molar-refractivity contribution in [2.75, 3.05) is 12.3 Å². The molecule has 0 aliphatic heterocycles. The second-order valence-corrected chi connectivity index (χ2v) is 4.87. The van der Waals surface area contributed by atoms with Crippen LogP contribution in [0, 0.1) is 0 Å². The highest BCUT2D eigenvalue weighted by atomic mass is 32.2. The van der Waals surface area contributed by atoms with Gasteiger partial charge in [-0.2, -0.15) is 0 Å². The predicted octanol–water partition coefficient (Wildman–Crippen LogP) is -1.33. The lowest BCUT2D eigenvalue weighted by molar-refractivity contribution is -0.134. The van der Waals surface area contributed by atoms with Gasteiger partial charge < -0.3 is 5.11 Å². The monoisotopic (exact) mass is 248 g/mol. The summed E-state index contributed by atoms with van der Waals surface area (Å²) in [5, 5.41) is 15.6. The largest absolute Gasteiger partial charge is 0.480 e. The van der Waals surface area contributed by atoms with Crippen molar-refractivity contribution in [1.29, 1.82) is 0 Å². The first-order chi connectivity index (χ1) is 7.49. The molecule has 0 unspecified atom stereocenters.